The predicted octanol–water partition coefficient (Wildman–Crippen LogP) is 2.03. The first kappa shape index (κ1) is 9.58. The Kier molecular flexibility index (Phi) is 2.90. The van der Waals surface area contributed by atoms with E-state index in [4.69, 9.17) is 10.9 Å². The van der Waals surface area contributed by atoms with Crippen LogP contribution in [0.25, 0.3) is 0 Å². The van der Waals surface area contributed by atoms with Gasteiger partial charge in [-0.15, -0.1) is 0 Å². The third-order valence-corrected chi connectivity index (χ3v) is 1.99. The molecule has 3 N–H and O–H groups in total. The molecule has 3 heteroatoms. The van der Waals surface area contributed by atoms with Gasteiger partial charge in [0, 0.05) is 11.3 Å². The van der Waals surface area contributed by atoms with Gasteiger partial charge in [-0.2, -0.15) is 0 Å². The highest BCUT2D eigenvalue weighted by atomic mass is 16.4. The molecule has 0 unspecified atom stereocenters. The summed E-state index contributed by atoms with van der Waals surface area (Å²) in [6.45, 7) is 3.80. The minimum Gasteiger partial charge on any atom is -0.411 e. The molecule has 3 nitrogen and oxygen atoms in total. The number of nitrogens with zero attached hydrogens (tertiary/aromatic N) is 1. The largest absolute Gasteiger partial charge is 0.411 e. The fraction of sp³-hybridized carbons (Fsp3) is 0.300. The Bertz CT molecular complexity index is 332. The SMILES string of the molecule is CCc1cc(N)cc(C(C)=NO)c1. The molecule has 0 aromatic heterocycles. The number of aryl methyl sites for hydroxylation is 1. The molecule has 1 rings (SSSR count). The van der Waals surface area contributed by atoms with Gasteiger partial charge >= 0.3 is 0 Å². The lowest BCUT2D eigenvalue weighted by Gasteiger charge is -2.04. The van der Waals surface area contributed by atoms with Crippen LogP contribution in [-0.4, -0.2) is 10.9 Å². The van der Waals surface area contributed by atoms with Crippen LogP contribution in [-0.2, 0) is 6.42 Å². The highest BCUT2D eigenvalue weighted by Crippen LogP contribution is 2.13. The summed E-state index contributed by atoms with van der Waals surface area (Å²) in [6.07, 6.45) is 0.927. The highest BCUT2D eigenvalue weighted by molar-refractivity contribution is 5.99. The first-order valence-electron chi connectivity index (χ1n) is 4.25. The van der Waals surface area contributed by atoms with Crippen LogP contribution < -0.4 is 5.73 Å². The van der Waals surface area contributed by atoms with Crippen LogP contribution in [0.2, 0.25) is 0 Å². The van der Waals surface area contributed by atoms with E-state index in [1.54, 1.807) is 13.0 Å². The Morgan fingerprint density at radius 1 is 1.46 bits per heavy atom. The summed E-state index contributed by atoms with van der Waals surface area (Å²) in [7, 11) is 0. The van der Waals surface area contributed by atoms with Gasteiger partial charge in [-0.3, -0.25) is 0 Å². The summed E-state index contributed by atoms with van der Waals surface area (Å²) in [5.74, 6) is 0. The van der Waals surface area contributed by atoms with E-state index in [1.807, 2.05) is 12.1 Å². The molecular formula is C10H14N2O. The molecule has 0 spiro atoms. The number of nitrogen functional groups attached to an aromatic ring is 1. The summed E-state index contributed by atoms with van der Waals surface area (Å²) in [6, 6.07) is 5.70. The number of anilines is 1. The van der Waals surface area contributed by atoms with Crippen molar-refractivity contribution in [2.24, 2.45) is 5.16 Å². The van der Waals surface area contributed by atoms with E-state index in [2.05, 4.69) is 12.1 Å². The van der Waals surface area contributed by atoms with Crippen molar-refractivity contribution in [2.45, 2.75) is 20.3 Å². The second kappa shape index (κ2) is 3.94. The molecule has 0 bridgehead atoms. The number of oxime groups is 1. The van der Waals surface area contributed by atoms with Gasteiger partial charge in [-0.05, 0) is 37.1 Å². The zero-order valence-electron chi connectivity index (χ0n) is 7.91. The van der Waals surface area contributed by atoms with Crippen LogP contribution in [0.4, 0.5) is 5.69 Å². The molecule has 70 valence electrons. The van der Waals surface area contributed by atoms with Crippen LogP contribution in [0.3, 0.4) is 0 Å². The van der Waals surface area contributed by atoms with Crippen molar-refractivity contribution >= 4 is 11.4 Å². The molecule has 0 amide bonds. The fourth-order valence-electron chi connectivity index (χ4n) is 1.19. The average Bonchev–Trinajstić information content (AvgIpc) is 2.15. The van der Waals surface area contributed by atoms with Crippen LogP contribution in [0.15, 0.2) is 23.4 Å². The Balaban J connectivity index is 3.16. The van der Waals surface area contributed by atoms with E-state index >= 15 is 0 Å². The minimum absolute atomic E-state index is 0.585. The lowest BCUT2D eigenvalue weighted by molar-refractivity contribution is 0.319. The fourth-order valence-corrected chi connectivity index (χ4v) is 1.19. The molecule has 0 atom stereocenters. The third-order valence-electron chi connectivity index (χ3n) is 1.99. The monoisotopic (exact) mass is 178 g/mol. The summed E-state index contributed by atoms with van der Waals surface area (Å²) in [5, 5.41) is 11.7. The standard InChI is InChI=1S/C10H14N2O/c1-3-8-4-9(7(2)12-13)6-10(11)5-8/h4-6,13H,3,11H2,1-2H3. The van der Waals surface area contributed by atoms with Gasteiger partial charge in [0.2, 0.25) is 0 Å². The van der Waals surface area contributed by atoms with Crippen LogP contribution in [0.1, 0.15) is 25.0 Å². The van der Waals surface area contributed by atoms with Crippen molar-refractivity contribution in [2.75, 3.05) is 5.73 Å². The molecule has 13 heavy (non-hydrogen) atoms. The lowest BCUT2D eigenvalue weighted by Crippen LogP contribution is -1.98. The van der Waals surface area contributed by atoms with E-state index in [0.717, 1.165) is 17.5 Å². The van der Waals surface area contributed by atoms with Crippen LogP contribution >= 0.6 is 0 Å². The number of benzene rings is 1. The molecule has 0 aliphatic carbocycles. The molecule has 1 aromatic carbocycles. The van der Waals surface area contributed by atoms with Gasteiger partial charge in [0.25, 0.3) is 0 Å². The zero-order valence-corrected chi connectivity index (χ0v) is 7.91. The van der Waals surface area contributed by atoms with Crippen molar-refractivity contribution in [3.8, 4) is 0 Å². The summed E-state index contributed by atoms with van der Waals surface area (Å²) >= 11 is 0. The maximum atomic E-state index is 8.59. The first-order valence-corrected chi connectivity index (χ1v) is 4.25. The van der Waals surface area contributed by atoms with Crippen molar-refractivity contribution in [1.82, 2.24) is 0 Å². The van der Waals surface area contributed by atoms with E-state index < -0.39 is 0 Å². The van der Waals surface area contributed by atoms with Gasteiger partial charge in [0.15, 0.2) is 0 Å². The molecule has 0 saturated heterocycles. The third kappa shape index (κ3) is 2.21. The Morgan fingerprint density at radius 3 is 2.69 bits per heavy atom. The molecule has 0 radical (unpaired) electrons. The summed E-state index contributed by atoms with van der Waals surface area (Å²) in [5.41, 5.74) is 9.01. The van der Waals surface area contributed by atoms with E-state index in [9.17, 15) is 0 Å². The molecule has 0 heterocycles. The van der Waals surface area contributed by atoms with Gasteiger partial charge < -0.3 is 10.9 Å². The van der Waals surface area contributed by atoms with E-state index in [-0.39, 0.29) is 0 Å². The molecule has 0 saturated carbocycles. The Labute approximate surface area is 77.9 Å². The van der Waals surface area contributed by atoms with Crippen molar-refractivity contribution in [3.05, 3.63) is 29.3 Å². The number of rotatable bonds is 2. The van der Waals surface area contributed by atoms with E-state index in [1.165, 1.54) is 0 Å². The van der Waals surface area contributed by atoms with Gasteiger partial charge in [-0.25, -0.2) is 0 Å². The molecule has 0 fully saturated rings. The Hall–Kier alpha value is -1.51. The molecule has 0 aliphatic heterocycles. The first-order chi connectivity index (χ1) is 6.17. The minimum atomic E-state index is 0.585. The van der Waals surface area contributed by atoms with E-state index in [0.29, 0.717) is 11.4 Å². The maximum absolute atomic E-state index is 8.59. The maximum Gasteiger partial charge on any atom is 0.0837 e. The van der Waals surface area contributed by atoms with Gasteiger partial charge in [0.1, 0.15) is 0 Å². The zero-order chi connectivity index (χ0) is 9.84. The Morgan fingerprint density at radius 2 is 2.15 bits per heavy atom. The van der Waals surface area contributed by atoms with Crippen molar-refractivity contribution in [3.63, 3.8) is 0 Å². The average molecular weight is 178 g/mol. The summed E-state index contributed by atoms with van der Waals surface area (Å²) < 4.78 is 0. The van der Waals surface area contributed by atoms with Crippen molar-refractivity contribution in [1.29, 1.82) is 0 Å². The van der Waals surface area contributed by atoms with Crippen LogP contribution in [0, 0.1) is 0 Å². The van der Waals surface area contributed by atoms with Gasteiger partial charge in [-0.1, -0.05) is 12.1 Å². The lowest BCUT2D eigenvalue weighted by atomic mass is 10.0. The van der Waals surface area contributed by atoms with Crippen molar-refractivity contribution < 1.29 is 5.21 Å². The summed E-state index contributed by atoms with van der Waals surface area (Å²) in [4.78, 5) is 0. The molecule has 0 aliphatic rings. The molecule has 1 aromatic rings. The topological polar surface area (TPSA) is 58.6 Å². The second-order valence-electron chi connectivity index (χ2n) is 3.00. The smallest absolute Gasteiger partial charge is 0.0837 e. The number of hydrogen-bond acceptors (Lipinski definition) is 3. The predicted molar refractivity (Wildman–Crippen MR) is 54.2 cm³/mol. The second-order valence-corrected chi connectivity index (χ2v) is 3.00. The highest BCUT2D eigenvalue weighted by Gasteiger charge is 2.00. The quantitative estimate of drug-likeness (QED) is 0.315. The van der Waals surface area contributed by atoms with Crippen LogP contribution in [0.5, 0.6) is 0 Å². The number of hydrogen-bond donors (Lipinski definition) is 2. The molecular weight excluding hydrogens is 164 g/mol. The van der Waals surface area contributed by atoms with Gasteiger partial charge in [0.05, 0.1) is 5.71 Å². The number of nitrogens with two attached hydrogens (primary N) is 1. The normalized spacial score (nSPS) is 11.7.